The van der Waals surface area contributed by atoms with Crippen molar-refractivity contribution < 1.29 is 23.9 Å². The van der Waals surface area contributed by atoms with E-state index < -0.39 is 17.9 Å². The number of carbonyl (C=O) groups excluding carboxylic acids is 4. The van der Waals surface area contributed by atoms with Crippen LogP contribution >= 0.6 is 0 Å². The molecule has 2 aromatic rings. The van der Waals surface area contributed by atoms with Crippen LogP contribution in [0.4, 0.5) is 16.3 Å². The number of nitrogens with zero attached hydrogens (tertiary/aromatic N) is 1. The van der Waals surface area contributed by atoms with E-state index >= 15 is 0 Å². The highest BCUT2D eigenvalue weighted by molar-refractivity contribution is 5.97. The molecule has 0 aliphatic heterocycles. The zero-order chi connectivity index (χ0) is 21.9. The Kier molecular flexibility index (Phi) is 8.30. The summed E-state index contributed by atoms with van der Waals surface area (Å²) in [6.45, 7) is 1.80. The van der Waals surface area contributed by atoms with Crippen LogP contribution in [-0.2, 0) is 14.3 Å². The van der Waals surface area contributed by atoms with Crippen molar-refractivity contribution in [3.05, 3.63) is 53.7 Å². The first-order chi connectivity index (χ1) is 14.4. The molecule has 158 valence electrons. The highest BCUT2D eigenvalue weighted by atomic mass is 16.5. The van der Waals surface area contributed by atoms with Gasteiger partial charge in [-0.15, -0.1) is 0 Å². The summed E-state index contributed by atoms with van der Waals surface area (Å²) in [7, 11) is 1.23. The van der Waals surface area contributed by atoms with Crippen molar-refractivity contribution in [3.63, 3.8) is 0 Å². The molecule has 0 saturated carbocycles. The minimum atomic E-state index is -0.554. The van der Waals surface area contributed by atoms with Gasteiger partial charge in [0.05, 0.1) is 7.11 Å². The van der Waals surface area contributed by atoms with Crippen LogP contribution < -0.4 is 21.3 Å². The van der Waals surface area contributed by atoms with E-state index in [-0.39, 0.29) is 25.4 Å². The predicted molar refractivity (Wildman–Crippen MR) is 110 cm³/mol. The van der Waals surface area contributed by atoms with Gasteiger partial charge < -0.3 is 26.0 Å². The maximum atomic E-state index is 11.9. The van der Waals surface area contributed by atoms with Crippen LogP contribution in [0, 0.1) is 6.92 Å². The number of amides is 4. The second kappa shape index (κ2) is 11.1. The Bertz CT molecular complexity index is 897. The van der Waals surface area contributed by atoms with Crippen molar-refractivity contribution in [2.75, 3.05) is 30.8 Å². The number of carbonyl (C=O) groups is 4. The highest BCUT2D eigenvalue weighted by Crippen LogP contribution is 2.09. The first kappa shape index (κ1) is 22.3. The number of aryl methyl sites for hydroxylation is 1. The number of anilines is 2. The zero-order valence-corrected chi connectivity index (χ0v) is 16.7. The number of benzene rings is 1. The lowest BCUT2D eigenvalue weighted by Crippen LogP contribution is -2.31. The molecule has 0 atom stereocenters. The SMILES string of the molecule is COC(=O)CNC(=O)c1ccc(NC(=O)NCCC(=O)Nc2ccc(C)cn2)cc1. The van der Waals surface area contributed by atoms with Crippen LogP contribution in [0.1, 0.15) is 22.3 Å². The van der Waals surface area contributed by atoms with E-state index in [0.29, 0.717) is 17.1 Å². The molecule has 0 radical (unpaired) electrons. The second-order valence-corrected chi connectivity index (χ2v) is 6.24. The van der Waals surface area contributed by atoms with Crippen molar-refractivity contribution in [2.45, 2.75) is 13.3 Å². The van der Waals surface area contributed by atoms with Gasteiger partial charge in [0.2, 0.25) is 5.91 Å². The van der Waals surface area contributed by atoms with E-state index in [0.717, 1.165) is 5.56 Å². The van der Waals surface area contributed by atoms with Crippen molar-refractivity contribution in [3.8, 4) is 0 Å². The summed E-state index contributed by atoms with van der Waals surface area (Å²) in [5.74, 6) is -0.813. The van der Waals surface area contributed by atoms with Crippen LogP contribution in [0.3, 0.4) is 0 Å². The summed E-state index contributed by atoms with van der Waals surface area (Å²) in [5.41, 5.74) is 1.78. The molecule has 4 N–H and O–H groups in total. The summed E-state index contributed by atoms with van der Waals surface area (Å²) >= 11 is 0. The molecular formula is C20H23N5O5. The number of methoxy groups -OCH3 is 1. The van der Waals surface area contributed by atoms with Gasteiger partial charge in [0, 0.05) is 30.4 Å². The molecule has 1 aromatic heterocycles. The molecule has 0 aliphatic carbocycles. The number of urea groups is 1. The van der Waals surface area contributed by atoms with Crippen molar-refractivity contribution in [2.24, 2.45) is 0 Å². The molecule has 0 aliphatic rings. The lowest BCUT2D eigenvalue weighted by molar-refractivity contribution is -0.139. The number of pyridine rings is 1. The second-order valence-electron chi connectivity index (χ2n) is 6.24. The number of ether oxygens (including phenoxy) is 1. The molecule has 0 saturated heterocycles. The third kappa shape index (κ3) is 7.58. The van der Waals surface area contributed by atoms with Gasteiger partial charge in [0.1, 0.15) is 12.4 Å². The molecule has 1 aromatic carbocycles. The van der Waals surface area contributed by atoms with Gasteiger partial charge in [-0.1, -0.05) is 6.07 Å². The number of aromatic nitrogens is 1. The van der Waals surface area contributed by atoms with Crippen molar-refractivity contribution in [1.29, 1.82) is 0 Å². The smallest absolute Gasteiger partial charge is 0.325 e. The topological polar surface area (TPSA) is 139 Å². The first-order valence-electron chi connectivity index (χ1n) is 9.10. The van der Waals surface area contributed by atoms with Gasteiger partial charge in [0.15, 0.2) is 0 Å². The molecular weight excluding hydrogens is 390 g/mol. The Morgan fingerprint density at radius 1 is 0.967 bits per heavy atom. The van der Waals surface area contributed by atoms with Gasteiger partial charge in [0.25, 0.3) is 5.91 Å². The highest BCUT2D eigenvalue weighted by Gasteiger charge is 2.09. The Labute approximate surface area is 173 Å². The molecule has 10 nitrogen and oxygen atoms in total. The van der Waals surface area contributed by atoms with E-state index in [9.17, 15) is 19.2 Å². The van der Waals surface area contributed by atoms with Gasteiger partial charge in [-0.25, -0.2) is 9.78 Å². The molecule has 0 bridgehead atoms. The number of hydrogen-bond acceptors (Lipinski definition) is 6. The normalized spacial score (nSPS) is 9.93. The lowest BCUT2D eigenvalue weighted by atomic mass is 10.2. The molecule has 0 fully saturated rings. The third-order valence-corrected chi connectivity index (χ3v) is 3.84. The molecule has 2 rings (SSSR count). The van der Waals surface area contributed by atoms with Crippen molar-refractivity contribution >= 4 is 35.3 Å². The Morgan fingerprint density at radius 2 is 1.70 bits per heavy atom. The fraction of sp³-hybridized carbons (Fsp3) is 0.250. The van der Waals surface area contributed by atoms with Crippen molar-refractivity contribution in [1.82, 2.24) is 15.6 Å². The molecule has 1 heterocycles. The van der Waals surface area contributed by atoms with E-state index in [1.807, 2.05) is 13.0 Å². The molecule has 0 spiro atoms. The fourth-order valence-corrected chi connectivity index (χ4v) is 2.24. The summed E-state index contributed by atoms with van der Waals surface area (Å²) < 4.78 is 4.44. The summed E-state index contributed by atoms with van der Waals surface area (Å²) in [6.07, 6.45) is 1.73. The largest absolute Gasteiger partial charge is 0.468 e. The van der Waals surface area contributed by atoms with Crippen LogP contribution in [0.5, 0.6) is 0 Å². The molecule has 4 amide bonds. The lowest BCUT2D eigenvalue weighted by Gasteiger charge is -2.09. The maximum absolute atomic E-state index is 11.9. The number of esters is 1. The average molecular weight is 413 g/mol. The van der Waals surface area contributed by atoms with Crippen LogP contribution in [0.15, 0.2) is 42.6 Å². The standard InChI is InChI=1S/C20H23N5O5/c1-13-3-8-16(22-11-13)25-17(26)9-10-21-20(29)24-15-6-4-14(5-7-15)19(28)23-12-18(27)30-2/h3-8,11H,9-10,12H2,1-2H3,(H,23,28)(H2,21,24,29)(H,22,25,26). The molecule has 10 heteroatoms. The van der Waals surface area contributed by atoms with Gasteiger partial charge in [-0.2, -0.15) is 0 Å². The average Bonchev–Trinajstić information content (AvgIpc) is 2.74. The van der Waals surface area contributed by atoms with E-state index in [1.165, 1.54) is 19.2 Å². The minimum absolute atomic E-state index is 0.0856. The monoisotopic (exact) mass is 413 g/mol. The molecule has 30 heavy (non-hydrogen) atoms. The Balaban J connectivity index is 1.71. The van der Waals surface area contributed by atoms with Gasteiger partial charge in [-0.3, -0.25) is 14.4 Å². The fourth-order valence-electron chi connectivity index (χ4n) is 2.24. The maximum Gasteiger partial charge on any atom is 0.325 e. The van der Waals surface area contributed by atoms with Crippen LogP contribution in [-0.4, -0.2) is 49.0 Å². The minimum Gasteiger partial charge on any atom is -0.468 e. The summed E-state index contributed by atoms with van der Waals surface area (Å²) in [6, 6.07) is 9.15. The van der Waals surface area contributed by atoms with Gasteiger partial charge in [-0.05, 0) is 42.8 Å². The number of rotatable bonds is 8. The Morgan fingerprint density at radius 3 is 2.33 bits per heavy atom. The Hall–Kier alpha value is -3.95. The van der Waals surface area contributed by atoms with E-state index in [4.69, 9.17) is 0 Å². The van der Waals surface area contributed by atoms with Crippen LogP contribution in [0.25, 0.3) is 0 Å². The molecule has 0 unspecified atom stereocenters. The number of hydrogen-bond donors (Lipinski definition) is 4. The number of nitrogens with one attached hydrogen (secondary N) is 4. The van der Waals surface area contributed by atoms with Crippen LogP contribution in [0.2, 0.25) is 0 Å². The van der Waals surface area contributed by atoms with E-state index in [2.05, 4.69) is 31.0 Å². The summed E-state index contributed by atoms with van der Waals surface area (Å²) in [4.78, 5) is 50.8. The first-order valence-corrected chi connectivity index (χ1v) is 9.10. The predicted octanol–water partition coefficient (Wildman–Crippen LogP) is 1.44. The zero-order valence-electron chi connectivity index (χ0n) is 16.7. The quantitative estimate of drug-likeness (QED) is 0.483. The van der Waals surface area contributed by atoms with E-state index in [1.54, 1.807) is 24.4 Å². The summed E-state index contributed by atoms with van der Waals surface area (Å²) in [5, 5.41) is 10.2. The third-order valence-electron chi connectivity index (χ3n) is 3.84. The van der Waals surface area contributed by atoms with Gasteiger partial charge >= 0.3 is 12.0 Å².